The SMILES string of the molecule is CCNC(=O)c1ccc(CNC(=O)C2CNCCO2)cc1. The summed E-state index contributed by atoms with van der Waals surface area (Å²) in [6.07, 6.45) is -0.423. The second-order valence-electron chi connectivity index (χ2n) is 4.84. The van der Waals surface area contributed by atoms with E-state index in [0.29, 0.717) is 31.8 Å². The van der Waals surface area contributed by atoms with Crippen molar-refractivity contribution >= 4 is 11.8 Å². The lowest BCUT2D eigenvalue weighted by molar-refractivity contribution is -0.134. The molecule has 1 atom stereocenters. The van der Waals surface area contributed by atoms with E-state index < -0.39 is 6.10 Å². The molecule has 0 radical (unpaired) electrons. The van der Waals surface area contributed by atoms with Gasteiger partial charge in [0.25, 0.3) is 11.8 Å². The minimum Gasteiger partial charge on any atom is -0.366 e. The molecule has 2 amide bonds. The number of carbonyl (C=O) groups excluding carboxylic acids is 2. The van der Waals surface area contributed by atoms with Gasteiger partial charge in [0.15, 0.2) is 0 Å². The molecule has 2 rings (SSSR count). The number of hydrogen-bond acceptors (Lipinski definition) is 4. The highest BCUT2D eigenvalue weighted by molar-refractivity contribution is 5.94. The van der Waals surface area contributed by atoms with Gasteiger partial charge in [-0.3, -0.25) is 9.59 Å². The fraction of sp³-hybridized carbons (Fsp3) is 0.467. The maximum atomic E-state index is 11.9. The number of benzene rings is 1. The average Bonchev–Trinajstić information content (AvgIpc) is 2.54. The molecule has 0 bridgehead atoms. The predicted octanol–water partition coefficient (Wildman–Crippen LogP) is 0.0409. The molecule has 1 aliphatic heterocycles. The van der Waals surface area contributed by atoms with E-state index in [4.69, 9.17) is 4.74 Å². The second-order valence-corrected chi connectivity index (χ2v) is 4.84. The zero-order chi connectivity index (χ0) is 15.1. The Kier molecular flexibility index (Phi) is 5.71. The van der Waals surface area contributed by atoms with E-state index in [1.807, 2.05) is 19.1 Å². The fourth-order valence-electron chi connectivity index (χ4n) is 2.07. The van der Waals surface area contributed by atoms with Crippen LogP contribution in [0.1, 0.15) is 22.8 Å². The molecule has 1 fully saturated rings. The highest BCUT2D eigenvalue weighted by atomic mass is 16.5. The topological polar surface area (TPSA) is 79.5 Å². The molecule has 1 aromatic carbocycles. The maximum Gasteiger partial charge on any atom is 0.251 e. The molecule has 1 saturated heterocycles. The van der Waals surface area contributed by atoms with Crippen LogP contribution >= 0.6 is 0 Å². The molecule has 0 spiro atoms. The molecule has 0 aromatic heterocycles. The quantitative estimate of drug-likeness (QED) is 0.716. The van der Waals surface area contributed by atoms with Crippen molar-refractivity contribution in [1.82, 2.24) is 16.0 Å². The van der Waals surface area contributed by atoms with Gasteiger partial charge in [-0.25, -0.2) is 0 Å². The summed E-state index contributed by atoms with van der Waals surface area (Å²) >= 11 is 0. The molecular weight excluding hydrogens is 270 g/mol. The zero-order valence-corrected chi connectivity index (χ0v) is 12.1. The Hall–Kier alpha value is -1.92. The van der Waals surface area contributed by atoms with Gasteiger partial charge in [0, 0.05) is 31.7 Å². The number of rotatable bonds is 5. The van der Waals surface area contributed by atoms with Crippen LogP contribution in [-0.2, 0) is 16.1 Å². The lowest BCUT2D eigenvalue weighted by atomic mass is 10.1. The minimum atomic E-state index is -0.423. The van der Waals surface area contributed by atoms with E-state index in [0.717, 1.165) is 12.1 Å². The predicted molar refractivity (Wildman–Crippen MR) is 78.9 cm³/mol. The van der Waals surface area contributed by atoms with Crippen LogP contribution in [0.2, 0.25) is 0 Å². The van der Waals surface area contributed by atoms with Crippen LogP contribution in [0.3, 0.4) is 0 Å². The van der Waals surface area contributed by atoms with Gasteiger partial charge in [-0.05, 0) is 24.6 Å². The van der Waals surface area contributed by atoms with E-state index in [2.05, 4.69) is 16.0 Å². The Morgan fingerprint density at radius 1 is 1.29 bits per heavy atom. The van der Waals surface area contributed by atoms with Gasteiger partial charge in [0.05, 0.1) is 6.61 Å². The Morgan fingerprint density at radius 3 is 2.67 bits per heavy atom. The Labute approximate surface area is 124 Å². The van der Waals surface area contributed by atoms with E-state index in [-0.39, 0.29) is 11.8 Å². The van der Waals surface area contributed by atoms with Crippen LogP contribution in [0, 0.1) is 0 Å². The van der Waals surface area contributed by atoms with Crippen LogP contribution in [0.25, 0.3) is 0 Å². The summed E-state index contributed by atoms with van der Waals surface area (Å²) in [7, 11) is 0. The number of hydrogen-bond donors (Lipinski definition) is 3. The normalized spacial score (nSPS) is 18.0. The van der Waals surface area contributed by atoms with Crippen LogP contribution in [0.5, 0.6) is 0 Å². The van der Waals surface area contributed by atoms with Crippen molar-refractivity contribution in [3.8, 4) is 0 Å². The largest absolute Gasteiger partial charge is 0.366 e. The fourth-order valence-corrected chi connectivity index (χ4v) is 2.07. The number of morpholine rings is 1. The molecule has 1 aromatic rings. The summed E-state index contributed by atoms with van der Waals surface area (Å²) < 4.78 is 5.38. The standard InChI is InChI=1S/C15H21N3O3/c1-2-17-14(19)12-5-3-11(4-6-12)9-18-15(20)13-10-16-7-8-21-13/h3-6,13,16H,2,7-10H2,1H3,(H,17,19)(H,18,20). The number of nitrogens with one attached hydrogen (secondary N) is 3. The number of carbonyl (C=O) groups is 2. The minimum absolute atomic E-state index is 0.0882. The third-order valence-electron chi connectivity index (χ3n) is 3.24. The molecule has 6 heteroatoms. The van der Waals surface area contributed by atoms with Gasteiger partial charge in [0.1, 0.15) is 6.10 Å². The highest BCUT2D eigenvalue weighted by Crippen LogP contribution is 2.05. The van der Waals surface area contributed by atoms with Crippen LogP contribution in [0.15, 0.2) is 24.3 Å². The molecule has 3 N–H and O–H groups in total. The van der Waals surface area contributed by atoms with Gasteiger partial charge >= 0.3 is 0 Å². The van der Waals surface area contributed by atoms with Crippen LogP contribution < -0.4 is 16.0 Å². The Balaban J connectivity index is 1.83. The molecule has 1 aliphatic rings. The van der Waals surface area contributed by atoms with E-state index in [9.17, 15) is 9.59 Å². The van der Waals surface area contributed by atoms with Gasteiger partial charge in [-0.15, -0.1) is 0 Å². The van der Waals surface area contributed by atoms with Crippen molar-refractivity contribution in [2.75, 3.05) is 26.2 Å². The first-order chi connectivity index (χ1) is 10.2. The molecule has 114 valence electrons. The summed E-state index contributed by atoms with van der Waals surface area (Å²) in [5.74, 6) is -0.204. The summed E-state index contributed by atoms with van der Waals surface area (Å²) in [4.78, 5) is 23.5. The monoisotopic (exact) mass is 291 g/mol. The van der Waals surface area contributed by atoms with E-state index >= 15 is 0 Å². The first-order valence-corrected chi connectivity index (χ1v) is 7.18. The second kappa shape index (κ2) is 7.75. The third kappa shape index (κ3) is 4.54. The highest BCUT2D eigenvalue weighted by Gasteiger charge is 2.21. The van der Waals surface area contributed by atoms with Crippen LogP contribution in [0.4, 0.5) is 0 Å². The summed E-state index contributed by atoms with van der Waals surface area (Å²) in [5.41, 5.74) is 1.56. The summed E-state index contributed by atoms with van der Waals surface area (Å²) in [5, 5.41) is 8.70. The summed E-state index contributed by atoms with van der Waals surface area (Å²) in [6, 6.07) is 7.19. The lowest BCUT2D eigenvalue weighted by Crippen LogP contribution is -2.47. The molecule has 21 heavy (non-hydrogen) atoms. The van der Waals surface area contributed by atoms with Gasteiger partial charge in [-0.2, -0.15) is 0 Å². The molecule has 0 saturated carbocycles. The first-order valence-electron chi connectivity index (χ1n) is 7.18. The smallest absolute Gasteiger partial charge is 0.251 e. The van der Waals surface area contributed by atoms with Crippen molar-refractivity contribution in [2.24, 2.45) is 0 Å². The van der Waals surface area contributed by atoms with Gasteiger partial charge < -0.3 is 20.7 Å². The first kappa shape index (κ1) is 15.5. The van der Waals surface area contributed by atoms with Crippen molar-refractivity contribution in [3.05, 3.63) is 35.4 Å². The van der Waals surface area contributed by atoms with Crippen molar-refractivity contribution in [2.45, 2.75) is 19.6 Å². The lowest BCUT2D eigenvalue weighted by Gasteiger charge is -2.22. The summed E-state index contributed by atoms with van der Waals surface area (Å²) in [6.45, 7) is 4.79. The molecule has 1 heterocycles. The molecule has 0 aliphatic carbocycles. The van der Waals surface area contributed by atoms with Crippen molar-refractivity contribution < 1.29 is 14.3 Å². The van der Waals surface area contributed by atoms with Crippen molar-refractivity contribution in [3.63, 3.8) is 0 Å². The molecular formula is C15H21N3O3. The third-order valence-corrected chi connectivity index (χ3v) is 3.24. The number of ether oxygens (including phenoxy) is 1. The Bertz CT molecular complexity index is 481. The molecule has 1 unspecified atom stereocenters. The maximum absolute atomic E-state index is 11.9. The van der Waals surface area contributed by atoms with Gasteiger partial charge in [0.2, 0.25) is 0 Å². The van der Waals surface area contributed by atoms with Crippen molar-refractivity contribution in [1.29, 1.82) is 0 Å². The average molecular weight is 291 g/mol. The number of amides is 2. The Morgan fingerprint density at radius 2 is 2.05 bits per heavy atom. The van der Waals surface area contributed by atoms with Crippen LogP contribution in [-0.4, -0.2) is 44.2 Å². The van der Waals surface area contributed by atoms with E-state index in [1.165, 1.54) is 0 Å². The van der Waals surface area contributed by atoms with E-state index in [1.54, 1.807) is 12.1 Å². The zero-order valence-electron chi connectivity index (χ0n) is 12.1. The molecule has 6 nitrogen and oxygen atoms in total. The van der Waals surface area contributed by atoms with Gasteiger partial charge in [-0.1, -0.05) is 12.1 Å².